The van der Waals surface area contributed by atoms with Gasteiger partial charge in [0.1, 0.15) is 24.6 Å². The second kappa shape index (κ2) is 9.57. The summed E-state index contributed by atoms with van der Waals surface area (Å²) in [6.45, 7) is 3.39. The highest BCUT2D eigenvalue weighted by Gasteiger charge is 2.35. The third-order valence-corrected chi connectivity index (χ3v) is 5.65. The molecule has 4 rings (SSSR count). The minimum Gasteiger partial charge on any atom is -0.489 e. The van der Waals surface area contributed by atoms with E-state index in [2.05, 4.69) is 11.4 Å². The van der Waals surface area contributed by atoms with Crippen molar-refractivity contribution in [1.29, 1.82) is 5.26 Å². The summed E-state index contributed by atoms with van der Waals surface area (Å²) in [6.07, 6.45) is 1.55. The van der Waals surface area contributed by atoms with Crippen LogP contribution >= 0.6 is 0 Å². The molecule has 0 unspecified atom stereocenters. The lowest BCUT2D eigenvalue weighted by Crippen LogP contribution is -2.35. The molecule has 0 saturated carbocycles. The Labute approximate surface area is 201 Å². The number of imide groups is 1. The van der Waals surface area contributed by atoms with Crippen molar-refractivity contribution in [2.75, 3.05) is 6.54 Å². The number of rotatable bonds is 7. The van der Waals surface area contributed by atoms with E-state index in [4.69, 9.17) is 9.84 Å². The van der Waals surface area contributed by atoms with Gasteiger partial charge in [-0.15, -0.1) is 0 Å². The Morgan fingerprint density at radius 2 is 1.86 bits per heavy atom. The van der Waals surface area contributed by atoms with Gasteiger partial charge in [0.15, 0.2) is 0 Å². The molecule has 1 aromatic heterocycles. The first-order valence-electron chi connectivity index (χ1n) is 10.7. The highest BCUT2D eigenvalue weighted by atomic mass is 16.5. The number of carboxylic acid groups (broad SMARTS) is 1. The number of carbonyl (C=O) groups excluding carboxylic acids is 2. The summed E-state index contributed by atoms with van der Waals surface area (Å²) in [7, 11) is 0. The number of hydrogen-bond acceptors (Lipinski definition) is 5. The van der Waals surface area contributed by atoms with Crippen molar-refractivity contribution in [3.8, 4) is 17.5 Å². The van der Waals surface area contributed by atoms with E-state index in [1.54, 1.807) is 12.1 Å². The molecule has 1 aliphatic rings. The molecule has 176 valence electrons. The average molecular weight is 470 g/mol. The lowest BCUT2D eigenvalue weighted by Gasteiger charge is -2.12. The average Bonchev–Trinajstić information content (AvgIpc) is 3.26. The van der Waals surface area contributed by atoms with Crippen molar-refractivity contribution in [2.45, 2.75) is 20.5 Å². The number of carboxylic acids is 1. The number of benzene rings is 2. The molecule has 3 aromatic rings. The maximum atomic E-state index is 12.4. The van der Waals surface area contributed by atoms with Crippen LogP contribution < -0.4 is 10.1 Å². The molecule has 2 N–H and O–H groups in total. The van der Waals surface area contributed by atoms with Gasteiger partial charge in [-0.1, -0.05) is 18.2 Å². The standard InChI is InChI=1S/C26H22N4O5/c1-16-11-20(12-23-25(33)29(14-24(31)32)26(34)28-23)17(2)30(16)21-7-9-22(10-8-21)35-15-19-6-4-3-5-18(19)13-27/h3-12H,14-15H2,1-2H3,(H,28,34)(H,31,32)/b23-12+. The fourth-order valence-corrected chi connectivity index (χ4v) is 3.94. The SMILES string of the molecule is Cc1cc(/C=C2/NC(=O)N(CC(=O)O)C2=O)c(C)n1-c1ccc(OCc2ccccc2C#N)cc1. The smallest absolute Gasteiger partial charge is 0.329 e. The lowest BCUT2D eigenvalue weighted by atomic mass is 10.1. The summed E-state index contributed by atoms with van der Waals surface area (Å²) in [5.74, 6) is -1.29. The van der Waals surface area contributed by atoms with Crippen molar-refractivity contribution in [3.05, 3.63) is 88.4 Å². The number of aliphatic carboxylic acids is 1. The topological polar surface area (TPSA) is 125 Å². The van der Waals surface area contributed by atoms with Gasteiger partial charge in [0, 0.05) is 22.6 Å². The molecule has 0 radical (unpaired) electrons. The molecular weight excluding hydrogens is 448 g/mol. The first-order valence-corrected chi connectivity index (χ1v) is 10.7. The predicted octanol–water partition coefficient (Wildman–Crippen LogP) is 3.52. The molecule has 9 nitrogen and oxygen atoms in total. The van der Waals surface area contributed by atoms with Crippen molar-refractivity contribution in [1.82, 2.24) is 14.8 Å². The third kappa shape index (κ3) is 4.77. The Kier molecular flexibility index (Phi) is 6.38. The van der Waals surface area contributed by atoms with Crippen molar-refractivity contribution in [3.63, 3.8) is 0 Å². The van der Waals surface area contributed by atoms with Crippen LogP contribution in [0.15, 0.2) is 60.3 Å². The van der Waals surface area contributed by atoms with Gasteiger partial charge in [0.25, 0.3) is 5.91 Å². The highest BCUT2D eigenvalue weighted by molar-refractivity contribution is 6.15. The molecule has 0 aliphatic carbocycles. The summed E-state index contributed by atoms with van der Waals surface area (Å²) in [4.78, 5) is 36.0. The van der Waals surface area contributed by atoms with Crippen LogP contribution in [-0.2, 0) is 16.2 Å². The van der Waals surface area contributed by atoms with Crippen LogP contribution in [0, 0.1) is 25.2 Å². The largest absolute Gasteiger partial charge is 0.489 e. The zero-order valence-electron chi connectivity index (χ0n) is 19.1. The molecule has 0 atom stereocenters. The van der Waals surface area contributed by atoms with E-state index in [1.165, 1.54) is 0 Å². The summed E-state index contributed by atoms with van der Waals surface area (Å²) < 4.78 is 7.84. The zero-order valence-corrected chi connectivity index (χ0v) is 19.1. The quantitative estimate of drug-likeness (QED) is 0.402. The van der Waals surface area contributed by atoms with E-state index in [-0.39, 0.29) is 12.3 Å². The van der Waals surface area contributed by atoms with Gasteiger partial charge in [-0.25, -0.2) is 9.69 Å². The van der Waals surface area contributed by atoms with Crippen LogP contribution in [-0.4, -0.2) is 39.0 Å². The normalized spacial score (nSPS) is 14.2. The van der Waals surface area contributed by atoms with Crippen molar-refractivity contribution in [2.24, 2.45) is 0 Å². The van der Waals surface area contributed by atoms with Crippen LogP contribution in [0.1, 0.15) is 28.1 Å². The number of nitriles is 1. The van der Waals surface area contributed by atoms with Crippen LogP contribution in [0.4, 0.5) is 4.79 Å². The zero-order chi connectivity index (χ0) is 25.1. The lowest BCUT2D eigenvalue weighted by molar-refractivity contribution is -0.140. The van der Waals surface area contributed by atoms with Gasteiger partial charge in [-0.3, -0.25) is 9.59 Å². The molecule has 35 heavy (non-hydrogen) atoms. The number of carbonyl (C=O) groups is 3. The Balaban J connectivity index is 1.53. The van der Waals surface area contributed by atoms with E-state index in [9.17, 15) is 19.6 Å². The fourth-order valence-electron chi connectivity index (χ4n) is 3.94. The predicted molar refractivity (Wildman–Crippen MR) is 127 cm³/mol. The molecule has 0 spiro atoms. The van der Waals surface area contributed by atoms with Crippen LogP contribution in [0.25, 0.3) is 11.8 Å². The minimum absolute atomic E-state index is 0.0258. The van der Waals surface area contributed by atoms with E-state index >= 15 is 0 Å². The van der Waals surface area contributed by atoms with Gasteiger partial charge in [0.2, 0.25) is 0 Å². The minimum atomic E-state index is -1.27. The summed E-state index contributed by atoms with van der Waals surface area (Å²) >= 11 is 0. The molecule has 0 bridgehead atoms. The summed E-state index contributed by atoms with van der Waals surface area (Å²) in [6, 6.07) is 18.0. The Morgan fingerprint density at radius 3 is 2.54 bits per heavy atom. The second-order valence-corrected chi connectivity index (χ2v) is 7.99. The number of amides is 3. The van der Waals surface area contributed by atoms with Gasteiger partial charge >= 0.3 is 12.0 Å². The van der Waals surface area contributed by atoms with Gasteiger partial charge in [-0.05, 0) is 61.9 Å². The number of hydrogen-bond donors (Lipinski definition) is 2. The Bertz CT molecular complexity index is 1400. The van der Waals surface area contributed by atoms with E-state index in [1.807, 2.05) is 66.9 Å². The van der Waals surface area contributed by atoms with E-state index in [0.29, 0.717) is 16.2 Å². The molecule has 2 heterocycles. The molecule has 1 aliphatic heterocycles. The number of nitrogens with one attached hydrogen (secondary N) is 1. The molecule has 9 heteroatoms. The molecule has 1 saturated heterocycles. The third-order valence-electron chi connectivity index (χ3n) is 5.65. The molecule has 2 aromatic carbocycles. The molecular formula is C26H22N4O5. The molecule has 1 fully saturated rings. The van der Waals surface area contributed by atoms with Gasteiger partial charge in [0.05, 0.1) is 11.6 Å². The van der Waals surface area contributed by atoms with Gasteiger partial charge < -0.3 is 19.7 Å². The summed E-state index contributed by atoms with van der Waals surface area (Å²) in [5.41, 5.74) is 4.76. The summed E-state index contributed by atoms with van der Waals surface area (Å²) in [5, 5.41) is 20.6. The Hall–Kier alpha value is -4.84. The van der Waals surface area contributed by atoms with Crippen LogP contribution in [0.2, 0.25) is 0 Å². The first-order chi connectivity index (χ1) is 16.8. The number of aryl methyl sites for hydroxylation is 1. The van der Waals surface area contributed by atoms with Crippen LogP contribution in [0.5, 0.6) is 5.75 Å². The highest BCUT2D eigenvalue weighted by Crippen LogP contribution is 2.25. The number of ether oxygens (including phenoxy) is 1. The van der Waals surface area contributed by atoms with Crippen LogP contribution in [0.3, 0.4) is 0 Å². The fraction of sp³-hybridized carbons (Fsp3) is 0.154. The second-order valence-electron chi connectivity index (χ2n) is 7.99. The van der Waals surface area contributed by atoms with Crippen molar-refractivity contribution < 1.29 is 24.2 Å². The molecule has 3 amide bonds. The van der Waals surface area contributed by atoms with Crippen molar-refractivity contribution >= 4 is 24.0 Å². The monoisotopic (exact) mass is 470 g/mol. The number of nitrogens with zero attached hydrogens (tertiary/aromatic N) is 3. The van der Waals surface area contributed by atoms with Gasteiger partial charge in [-0.2, -0.15) is 5.26 Å². The number of aromatic nitrogens is 1. The number of urea groups is 1. The van der Waals surface area contributed by atoms with E-state index in [0.717, 1.165) is 28.2 Å². The maximum Gasteiger partial charge on any atom is 0.329 e. The Morgan fingerprint density at radius 1 is 1.14 bits per heavy atom. The maximum absolute atomic E-state index is 12.4. The first kappa shape index (κ1) is 23.3. The van der Waals surface area contributed by atoms with E-state index < -0.39 is 24.5 Å².